The maximum Gasteiger partial charge on any atom is 0.416 e. The molecule has 24 nitrogen and oxygen atoms in total. The molecule has 0 bridgehead atoms. The lowest BCUT2D eigenvalue weighted by Crippen LogP contribution is -2.63. The SMILES string of the molecule is CC([O-])(C(F)(F)F)C(F)(F)F.COc1ccc([O-])cc1.Cc1cc(C)nc([O-])n1.Cn1c2ncnc-2c([O-])n(C)c1=O.[O-]c1c(F)c(F)c(F)c(F)c1F.[O-]c1ccc(C(F)(F)F)cc1.[O-]c1ccc(Cl)cc1.[O-]c1ccccc1.[O-]c1ccccn1.[O-]c1cccnc1.[O-]c1ccncc1.c1c[n-]cn1. The number of methoxy groups -OCH3 is 1. The minimum atomic E-state index is -5.80. The van der Waals surface area contributed by atoms with Gasteiger partial charge in [0.2, 0.25) is 0 Å². The van der Waals surface area contributed by atoms with Gasteiger partial charge in [-0.2, -0.15) is 39.5 Å². The number of rotatable bonds is 1. The van der Waals surface area contributed by atoms with E-state index in [0.717, 1.165) is 46.0 Å². The quantitative estimate of drug-likeness (QED) is 0.0929. The van der Waals surface area contributed by atoms with Gasteiger partial charge in [-0.1, -0.05) is 152 Å². The van der Waals surface area contributed by atoms with Crippen LogP contribution in [0.2, 0.25) is 5.02 Å². The lowest BCUT2D eigenvalue weighted by atomic mass is 10.1. The molecule has 0 aliphatic carbocycles. The summed E-state index contributed by atoms with van der Waals surface area (Å²) in [7, 11) is 4.54. The average Bonchev–Trinajstić information content (AvgIpc) is 1.41. The Morgan fingerprint density at radius 3 is 1.27 bits per heavy atom. The van der Waals surface area contributed by atoms with Crippen molar-refractivity contribution in [1.29, 1.82) is 0 Å². The first-order valence-electron chi connectivity index (χ1n) is 28.4. The molecular weight excluding hydrogens is 1470 g/mol. The summed E-state index contributed by atoms with van der Waals surface area (Å²) in [5, 5.41) is 115. The van der Waals surface area contributed by atoms with Crippen molar-refractivity contribution < 1.29 is 122 Å². The van der Waals surface area contributed by atoms with E-state index < -0.39 is 94.8 Å². The van der Waals surface area contributed by atoms with Crippen molar-refractivity contribution in [3.05, 3.63) is 269 Å². The lowest BCUT2D eigenvalue weighted by Gasteiger charge is -2.39. The number of alkyl halides is 9. The fraction of sp³-hybridized carbons (Fsp3) is 0.149. The fourth-order valence-electron chi connectivity index (χ4n) is 5.96. The number of halogens is 15. The van der Waals surface area contributed by atoms with Crippen molar-refractivity contribution in [2.75, 3.05) is 7.11 Å². The number of ether oxygens (including phenoxy) is 1. The van der Waals surface area contributed by atoms with Gasteiger partial charge in [0.25, 0.3) is 0 Å². The highest BCUT2D eigenvalue weighted by Crippen LogP contribution is 2.40. The van der Waals surface area contributed by atoms with Crippen LogP contribution in [0.3, 0.4) is 0 Å². The second-order valence-electron chi connectivity index (χ2n) is 19.3. The average molecular weight is 1520 g/mol. The minimum absolute atomic E-state index is 0.00519. The molecule has 0 spiro atoms. The molecule has 0 fully saturated rings. The van der Waals surface area contributed by atoms with Gasteiger partial charge >= 0.3 is 24.2 Å². The van der Waals surface area contributed by atoms with E-state index in [-0.39, 0.29) is 40.3 Å². The molecule has 0 saturated carbocycles. The second-order valence-corrected chi connectivity index (χ2v) is 19.8. The molecular formula is C67H52ClF14N11O13-12. The van der Waals surface area contributed by atoms with E-state index >= 15 is 0 Å². The molecule has 0 N–H and O–H groups in total. The summed E-state index contributed by atoms with van der Waals surface area (Å²) >= 11 is 5.47. The number of imidazole rings is 2. The van der Waals surface area contributed by atoms with E-state index in [2.05, 4.69) is 44.9 Å². The van der Waals surface area contributed by atoms with Crippen molar-refractivity contribution >= 4 is 11.6 Å². The number of para-hydroxylation sites is 1. The normalized spacial score (nSPS) is 10.2. The number of pyridine rings is 3. The Bertz CT molecular complexity index is 4060. The highest BCUT2D eigenvalue weighted by atomic mass is 35.5. The van der Waals surface area contributed by atoms with Crippen molar-refractivity contribution in [2.24, 2.45) is 14.1 Å². The van der Waals surface area contributed by atoms with Crippen LogP contribution in [-0.4, -0.2) is 74.1 Å². The third-order valence-electron chi connectivity index (χ3n) is 11.3. The Morgan fingerprint density at radius 1 is 0.491 bits per heavy atom. The molecule has 39 heteroatoms. The molecule has 7 heterocycles. The third kappa shape index (κ3) is 34.8. The van der Waals surface area contributed by atoms with E-state index in [1.54, 1.807) is 107 Å². The number of aromatic nitrogens is 11. The molecule has 5 aromatic heterocycles. The third-order valence-corrected chi connectivity index (χ3v) is 11.5. The van der Waals surface area contributed by atoms with E-state index in [9.17, 15) is 122 Å². The predicted octanol–water partition coefficient (Wildman–Crippen LogP) is 6.77. The maximum absolute atomic E-state index is 12.1. The highest BCUT2D eigenvalue weighted by molar-refractivity contribution is 6.30. The van der Waals surface area contributed by atoms with Crippen molar-refractivity contribution in [3.63, 3.8) is 0 Å². The smallest absolute Gasteiger partial charge is 0.416 e. The van der Waals surface area contributed by atoms with Crippen LogP contribution in [0.5, 0.6) is 63.8 Å². The Labute approximate surface area is 596 Å². The second kappa shape index (κ2) is 45.3. The van der Waals surface area contributed by atoms with Gasteiger partial charge in [0.1, 0.15) is 17.8 Å². The zero-order valence-corrected chi connectivity index (χ0v) is 55.8. The monoisotopic (exact) mass is 1520 g/mol. The largest absolute Gasteiger partial charge is 0.872 e. The molecule has 0 atom stereocenters. The van der Waals surface area contributed by atoms with Crippen LogP contribution in [0.15, 0.2) is 212 Å². The van der Waals surface area contributed by atoms with Crippen LogP contribution in [0, 0.1) is 42.9 Å². The van der Waals surface area contributed by atoms with Crippen molar-refractivity contribution in [3.8, 4) is 75.3 Å². The van der Waals surface area contributed by atoms with Gasteiger partial charge in [0.15, 0.2) is 34.9 Å². The summed E-state index contributed by atoms with van der Waals surface area (Å²) in [5.74, 6) is -13.5. The van der Waals surface area contributed by atoms with E-state index in [1.807, 2.05) is 6.07 Å². The first-order chi connectivity index (χ1) is 49.5. The van der Waals surface area contributed by atoms with Crippen LogP contribution < -0.4 is 71.6 Å². The minimum Gasteiger partial charge on any atom is -0.872 e. The Kier molecular flexibility index (Phi) is 39.0. The topological polar surface area (TPSA) is 407 Å². The van der Waals surface area contributed by atoms with E-state index in [0.29, 0.717) is 10.8 Å². The summed E-state index contributed by atoms with van der Waals surface area (Å²) in [6, 6.07) is 35.9. The molecule has 0 unspecified atom stereocenters. The van der Waals surface area contributed by atoms with Gasteiger partial charge in [-0.15, -0.1) is 28.7 Å². The van der Waals surface area contributed by atoms with Crippen LogP contribution in [0.1, 0.15) is 23.9 Å². The van der Waals surface area contributed by atoms with Crippen LogP contribution in [0.25, 0.3) is 11.5 Å². The predicted molar refractivity (Wildman–Crippen MR) is 328 cm³/mol. The lowest BCUT2D eigenvalue weighted by molar-refractivity contribution is -0.587. The Morgan fingerprint density at radius 2 is 0.953 bits per heavy atom. The number of hydrogen-bond donors (Lipinski definition) is 0. The number of benzene rings is 5. The molecule has 0 amide bonds. The zero-order valence-electron chi connectivity index (χ0n) is 55.0. The summed E-state index contributed by atoms with van der Waals surface area (Å²) in [5.41, 5.74) is -4.38. The Hall–Kier alpha value is -12.7. The summed E-state index contributed by atoms with van der Waals surface area (Å²) in [6.45, 7) is 3.10. The highest BCUT2D eigenvalue weighted by Gasteiger charge is 2.58. The summed E-state index contributed by atoms with van der Waals surface area (Å²) in [4.78, 5) is 44.0. The zero-order chi connectivity index (χ0) is 80.5. The molecule has 0 radical (unpaired) electrons. The number of nitrogens with zero attached hydrogens (tertiary/aromatic N) is 11. The number of aryl methyl sites for hydroxylation is 2. The number of fused-ring (bicyclic) bond motifs is 1. The van der Waals surface area contributed by atoms with Gasteiger partial charge in [-0.3, -0.25) is 19.5 Å². The summed E-state index contributed by atoms with van der Waals surface area (Å²) < 4.78 is 171. The molecule has 570 valence electrons. The number of hydrogen-bond acceptors (Lipinski definition) is 21. The molecule has 10 aromatic rings. The van der Waals surface area contributed by atoms with Crippen LogP contribution in [-0.2, 0) is 20.3 Å². The summed E-state index contributed by atoms with van der Waals surface area (Å²) in [6.07, 6.45) is -2.63. The van der Waals surface area contributed by atoms with Crippen LogP contribution in [0.4, 0.5) is 61.5 Å². The standard InChI is InChI=1S/C7H5F3O.C7H8N4O2.C7H8O2.C6H5ClO.C6HF5O.C6H8N2O.C6H6O.3C5H5NO.C4H3F6O.C3H3N2/c8-7(9,10)5-1-3-6(11)4-2-5;1-10-5-4(8-3-9-5)6(12)11(2)7(10)13;1-9-7-4-2-6(8)3-5-7;7-5-1-3-6(8)4-2-5;7-1-2(8)4(10)6(12)5(11)3(1)9;1-4-3-5(2)8-6(9)7-4;7-6-4-2-1-3-5-6;7-5-1-3-6-4-2-5;7-5-2-1-3-6-4-5;7-5-3-1-2-4-6-5;1-2(11,3(5,6)7)4(8,9)10;1-2-5-3-4-1/h1-4,11H;3,12H,1-2H3;2-5,8H,1H3;1-4,8H;12H;3H,1-2H3,(H,7,8,9);1-5,7H;1-4H,(H,6,7);1-4,7H;1-4H,(H,6,7);1H3;1-3H/q;;;;;;;;;;2*-1/p-10. The first kappa shape index (κ1) is 91.3. The van der Waals surface area contributed by atoms with Gasteiger partial charge in [0, 0.05) is 61.5 Å². The maximum atomic E-state index is 12.1. The van der Waals surface area contributed by atoms with E-state index in [1.165, 1.54) is 110 Å². The van der Waals surface area contributed by atoms with Gasteiger partial charge in [-0.05, 0) is 73.8 Å². The van der Waals surface area contributed by atoms with E-state index in [4.69, 9.17) is 16.3 Å². The fourth-order valence-corrected chi connectivity index (χ4v) is 6.08. The van der Waals surface area contributed by atoms with Gasteiger partial charge in [0.05, 0.1) is 24.3 Å². The Balaban J connectivity index is 0.000000582. The van der Waals surface area contributed by atoms with Gasteiger partial charge in [-0.25, -0.2) is 46.7 Å². The van der Waals surface area contributed by atoms with Gasteiger partial charge < -0.3 is 75.4 Å². The molecule has 2 aliphatic rings. The molecule has 2 aliphatic heterocycles. The van der Waals surface area contributed by atoms with Crippen LogP contribution >= 0.6 is 11.6 Å². The molecule has 0 saturated heterocycles. The first-order valence-corrected chi connectivity index (χ1v) is 28.8. The molecule has 5 aromatic carbocycles. The van der Waals surface area contributed by atoms with Crippen molar-refractivity contribution in [1.82, 2.24) is 54.0 Å². The van der Waals surface area contributed by atoms with Crippen molar-refractivity contribution in [2.45, 2.75) is 44.9 Å². The molecule has 12 rings (SSSR count). The molecule has 106 heavy (non-hydrogen) atoms.